The number of amides is 1. The third-order valence-electron chi connectivity index (χ3n) is 4.24. The van der Waals surface area contributed by atoms with Gasteiger partial charge in [-0.2, -0.15) is 0 Å². The summed E-state index contributed by atoms with van der Waals surface area (Å²) < 4.78 is 5.32. The van der Waals surface area contributed by atoms with Crippen LogP contribution in [-0.4, -0.2) is 56.2 Å². The average molecular weight is 344 g/mol. The number of nitrogens with one attached hydrogen (secondary N) is 1. The molecule has 1 aliphatic heterocycles. The first-order chi connectivity index (χ1) is 9.07. The average Bonchev–Trinajstić information content (AvgIpc) is 2.42. The summed E-state index contributed by atoms with van der Waals surface area (Å²) in [5, 5.41) is 3.12. The summed E-state index contributed by atoms with van der Waals surface area (Å²) in [6.07, 6.45) is 1.58. The van der Waals surface area contributed by atoms with E-state index in [0.29, 0.717) is 6.54 Å². The molecular formula is C14H31Cl2N3O2. The number of hydrogen-bond donors (Lipinski definition) is 2. The van der Waals surface area contributed by atoms with E-state index in [1.54, 1.807) is 0 Å². The monoisotopic (exact) mass is 343 g/mol. The van der Waals surface area contributed by atoms with Crippen molar-refractivity contribution in [1.82, 2.24) is 10.2 Å². The molecule has 1 heterocycles. The molecule has 1 saturated heterocycles. The van der Waals surface area contributed by atoms with Crippen LogP contribution >= 0.6 is 24.8 Å². The molecule has 1 aliphatic rings. The summed E-state index contributed by atoms with van der Waals surface area (Å²) in [5.74, 6) is 0.0979. The molecule has 7 heteroatoms. The summed E-state index contributed by atoms with van der Waals surface area (Å²) in [7, 11) is 0. The Kier molecular flexibility index (Phi) is 12.7. The van der Waals surface area contributed by atoms with Crippen LogP contribution in [0.2, 0.25) is 0 Å². The highest BCUT2D eigenvalue weighted by Crippen LogP contribution is 2.25. The fraction of sp³-hybridized carbons (Fsp3) is 0.929. The van der Waals surface area contributed by atoms with Crippen molar-refractivity contribution in [2.24, 2.45) is 11.1 Å². The first-order valence-corrected chi connectivity index (χ1v) is 7.39. The molecule has 1 amide bonds. The lowest BCUT2D eigenvalue weighted by Gasteiger charge is -2.33. The second-order valence-corrected chi connectivity index (χ2v) is 5.48. The third-order valence-corrected chi connectivity index (χ3v) is 4.24. The largest absolute Gasteiger partial charge is 0.379 e. The summed E-state index contributed by atoms with van der Waals surface area (Å²) in [6, 6.07) is 0.148. The highest BCUT2D eigenvalue weighted by atomic mass is 35.5. The fourth-order valence-electron chi connectivity index (χ4n) is 2.55. The summed E-state index contributed by atoms with van der Waals surface area (Å²) >= 11 is 0. The van der Waals surface area contributed by atoms with Crippen LogP contribution in [0.3, 0.4) is 0 Å². The van der Waals surface area contributed by atoms with E-state index in [4.69, 9.17) is 10.5 Å². The molecule has 0 spiro atoms. The minimum Gasteiger partial charge on any atom is -0.379 e. The highest BCUT2D eigenvalue weighted by Gasteiger charge is 2.34. The predicted molar refractivity (Wildman–Crippen MR) is 91.4 cm³/mol. The van der Waals surface area contributed by atoms with Gasteiger partial charge in [-0.3, -0.25) is 9.69 Å². The number of halogens is 2. The molecule has 1 rings (SSSR count). The van der Waals surface area contributed by atoms with E-state index < -0.39 is 5.41 Å². The number of hydrogen-bond acceptors (Lipinski definition) is 4. The predicted octanol–water partition coefficient (Wildman–Crippen LogP) is 1.43. The zero-order chi connectivity index (χ0) is 14.3. The molecule has 21 heavy (non-hydrogen) atoms. The first-order valence-electron chi connectivity index (χ1n) is 7.39. The molecule has 128 valence electrons. The first kappa shape index (κ1) is 23.2. The standard InChI is InChI=1S/C14H29N3O2.2ClH/c1-4-14(5-2,11-15)13(18)16-12(3)10-17-6-8-19-9-7-17;;/h12H,4-11,15H2,1-3H3,(H,16,18);2*1H. The molecule has 1 unspecified atom stereocenters. The molecule has 3 N–H and O–H groups in total. The molecular weight excluding hydrogens is 313 g/mol. The van der Waals surface area contributed by atoms with Gasteiger partial charge < -0.3 is 15.8 Å². The summed E-state index contributed by atoms with van der Waals surface area (Å²) in [6.45, 7) is 10.9. The van der Waals surface area contributed by atoms with Gasteiger partial charge in [-0.15, -0.1) is 24.8 Å². The second-order valence-electron chi connectivity index (χ2n) is 5.48. The maximum absolute atomic E-state index is 12.4. The van der Waals surface area contributed by atoms with Gasteiger partial charge in [0.15, 0.2) is 0 Å². The van der Waals surface area contributed by atoms with Gasteiger partial charge in [0.1, 0.15) is 0 Å². The third kappa shape index (κ3) is 6.70. The van der Waals surface area contributed by atoms with E-state index in [2.05, 4.69) is 17.1 Å². The van der Waals surface area contributed by atoms with Gasteiger partial charge in [-0.1, -0.05) is 13.8 Å². The number of rotatable bonds is 7. The van der Waals surface area contributed by atoms with Crippen molar-refractivity contribution in [3.63, 3.8) is 0 Å². The topological polar surface area (TPSA) is 67.6 Å². The van der Waals surface area contributed by atoms with Crippen LogP contribution in [0.5, 0.6) is 0 Å². The van der Waals surface area contributed by atoms with Crippen LogP contribution < -0.4 is 11.1 Å². The van der Waals surface area contributed by atoms with Crippen LogP contribution in [0.25, 0.3) is 0 Å². The van der Waals surface area contributed by atoms with Gasteiger partial charge in [0.05, 0.1) is 18.6 Å². The quantitative estimate of drug-likeness (QED) is 0.733. The molecule has 0 radical (unpaired) electrons. The van der Waals surface area contributed by atoms with E-state index in [1.807, 2.05) is 13.8 Å². The Hall–Kier alpha value is -0.0700. The Balaban J connectivity index is 0. The SMILES string of the molecule is CCC(CC)(CN)C(=O)NC(C)CN1CCOCC1.Cl.Cl. The molecule has 5 nitrogen and oxygen atoms in total. The Morgan fingerprint density at radius 1 is 1.29 bits per heavy atom. The maximum atomic E-state index is 12.4. The molecule has 0 bridgehead atoms. The van der Waals surface area contributed by atoms with Gasteiger partial charge in [0, 0.05) is 32.2 Å². The summed E-state index contributed by atoms with van der Waals surface area (Å²) in [5.41, 5.74) is 5.40. The van der Waals surface area contributed by atoms with Gasteiger partial charge in [0.2, 0.25) is 5.91 Å². The number of carbonyl (C=O) groups is 1. The zero-order valence-corrected chi connectivity index (χ0v) is 15.0. The Morgan fingerprint density at radius 3 is 2.24 bits per heavy atom. The van der Waals surface area contributed by atoms with E-state index in [9.17, 15) is 4.79 Å². The lowest BCUT2D eigenvalue weighted by Crippen LogP contribution is -2.51. The molecule has 1 fully saturated rings. The lowest BCUT2D eigenvalue weighted by molar-refractivity contribution is -0.131. The lowest BCUT2D eigenvalue weighted by atomic mass is 9.81. The number of nitrogens with two attached hydrogens (primary N) is 1. The maximum Gasteiger partial charge on any atom is 0.227 e. The van der Waals surface area contributed by atoms with E-state index >= 15 is 0 Å². The van der Waals surface area contributed by atoms with Crippen molar-refractivity contribution in [3.05, 3.63) is 0 Å². The normalized spacial score (nSPS) is 17.3. The van der Waals surface area contributed by atoms with Crippen molar-refractivity contribution >= 4 is 30.7 Å². The number of nitrogens with zero attached hydrogens (tertiary/aromatic N) is 1. The fourth-order valence-corrected chi connectivity index (χ4v) is 2.55. The van der Waals surface area contributed by atoms with E-state index in [-0.39, 0.29) is 36.8 Å². The van der Waals surface area contributed by atoms with Crippen molar-refractivity contribution < 1.29 is 9.53 Å². The van der Waals surface area contributed by atoms with Crippen LogP contribution in [0, 0.1) is 5.41 Å². The molecule has 0 aliphatic carbocycles. The van der Waals surface area contributed by atoms with Crippen LogP contribution in [0.15, 0.2) is 0 Å². The molecule has 1 atom stereocenters. The number of ether oxygens (including phenoxy) is 1. The number of morpholine rings is 1. The van der Waals surface area contributed by atoms with E-state index in [1.165, 1.54) is 0 Å². The van der Waals surface area contributed by atoms with Crippen molar-refractivity contribution in [1.29, 1.82) is 0 Å². The van der Waals surface area contributed by atoms with Gasteiger partial charge in [0.25, 0.3) is 0 Å². The minimum absolute atomic E-state index is 0. The molecule has 0 aromatic rings. The minimum atomic E-state index is -0.404. The van der Waals surface area contributed by atoms with Gasteiger partial charge >= 0.3 is 0 Å². The Labute approximate surface area is 141 Å². The Bertz CT molecular complexity index is 275. The van der Waals surface area contributed by atoms with E-state index in [0.717, 1.165) is 45.7 Å². The van der Waals surface area contributed by atoms with Crippen molar-refractivity contribution in [2.75, 3.05) is 39.4 Å². The highest BCUT2D eigenvalue weighted by molar-refractivity contribution is 5.85. The smallest absolute Gasteiger partial charge is 0.227 e. The molecule has 0 aromatic heterocycles. The molecule has 0 aromatic carbocycles. The number of carbonyl (C=O) groups excluding carboxylic acids is 1. The molecule has 0 saturated carbocycles. The van der Waals surface area contributed by atoms with Crippen LogP contribution in [0.1, 0.15) is 33.6 Å². The van der Waals surface area contributed by atoms with Crippen LogP contribution in [0.4, 0.5) is 0 Å². The second kappa shape index (κ2) is 11.5. The Morgan fingerprint density at radius 2 is 1.81 bits per heavy atom. The summed E-state index contributed by atoms with van der Waals surface area (Å²) in [4.78, 5) is 14.7. The van der Waals surface area contributed by atoms with Crippen LogP contribution in [-0.2, 0) is 9.53 Å². The van der Waals surface area contributed by atoms with Crippen molar-refractivity contribution in [2.45, 2.75) is 39.7 Å². The zero-order valence-electron chi connectivity index (χ0n) is 13.4. The van der Waals surface area contributed by atoms with Gasteiger partial charge in [-0.25, -0.2) is 0 Å². The van der Waals surface area contributed by atoms with Crippen molar-refractivity contribution in [3.8, 4) is 0 Å². The van der Waals surface area contributed by atoms with Gasteiger partial charge in [-0.05, 0) is 19.8 Å².